The molecule has 0 radical (unpaired) electrons. The average molecular weight is 355 g/mol. The molecule has 4 nitrogen and oxygen atoms in total. The molecule has 0 aliphatic rings. The fourth-order valence-corrected chi connectivity index (χ4v) is 3.53. The van der Waals surface area contributed by atoms with Crippen LogP contribution in [-0.2, 0) is 10.0 Å². The monoisotopic (exact) mass is 355 g/mol. The third-order valence-corrected chi connectivity index (χ3v) is 5.10. The zero-order valence-corrected chi connectivity index (χ0v) is 12.4. The minimum Gasteiger partial charge on any atom is -0.482 e. The zero-order valence-electron chi connectivity index (χ0n) is 10.7. The molecule has 0 atom stereocenters. The SMILES string of the molecule is O=S(=O)(Nc1cc(F)ccc1OCC(F)(F)F)c1cccs1. The summed E-state index contributed by atoms with van der Waals surface area (Å²) < 4.78 is 80.3. The first-order chi connectivity index (χ1) is 10.2. The molecular weight excluding hydrogens is 346 g/mol. The van der Waals surface area contributed by atoms with Crippen LogP contribution in [0.2, 0.25) is 0 Å². The van der Waals surface area contributed by atoms with Gasteiger partial charge in [0.2, 0.25) is 0 Å². The van der Waals surface area contributed by atoms with Crippen LogP contribution in [0.25, 0.3) is 0 Å². The summed E-state index contributed by atoms with van der Waals surface area (Å²) >= 11 is 0.912. The second-order valence-corrected chi connectivity index (χ2v) is 6.94. The molecule has 0 spiro atoms. The van der Waals surface area contributed by atoms with Crippen molar-refractivity contribution < 1.29 is 30.7 Å². The number of thiophene rings is 1. The molecule has 2 rings (SSSR count). The summed E-state index contributed by atoms with van der Waals surface area (Å²) in [6.45, 7) is -1.62. The van der Waals surface area contributed by atoms with Crippen LogP contribution in [-0.4, -0.2) is 21.2 Å². The summed E-state index contributed by atoms with van der Waals surface area (Å²) in [6.07, 6.45) is -4.60. The third kappa shape index (κ3) is 4.34. The summed E-state index contributed by atoms with van der Waals surface area (Å²) in [7, 11) is -4.02. The number of alkyl halides is 3. The second kappa shape index (κ2) is 6.13. The highest BCUT2D eigenvalue weighted by Crippen LogP contribution is 2.30. The highest BCUT2D eigenvalue weighted by Gasteiger charge is 2.29. The van der Waals surface area contributed by atoms with Crippen molar-refractivity contribution in [3.8, 4) is 5.75 Å². The van der Waals surface area contributed by atoms with Crippen molar-refractivity contribution in [3.63, 3.8) is 0 Å². The number of nitrogens with one attached hydrogen (secondary N) is 1. The smallest absolute Gasteiger partial charge is 0.422 e. The molecular formula is C12H9F4NO3S2. The molecule has 1 N–H and O–H groups in total. The van der Waals surface area contributed by atoms with Crippen LogP contribution in [0.5, 0.6) is 5.75 Å². The van der Waals surface area contributed by atoms with Crippen molar-refractivity contribution >= 4 is 27.0 Å². The van der Waals surface area contributed by atoms with E-state index in [1.807, 2.05) is 4.72 Å². The van der Waals surface area contributed by atoms with Crippen LogP contribution in [0.1, 0.15) is 0 Å². The van der Waals surface area contributed by atoms with Crippen molar-refractivity contribution in [1.29, 1.82) is 0 Å². The van der Waals surface area contributed by atoms with Crippen LogP contribution in [0.4, 0.5) is 23.2 Å². The number of halogens is 4. The van der Waals surface area contributed by atoms with Gasteiger partial charge in [-0.3, -0.25) is 4.72 Å². The van der Waals surface area contributed by atoms with Crippen LogP contribution >= 0.6 is 11.3 Å². The normalized spacial score (nSPS) is 12.2. The summed E-state index contributed by atoms with van der Waals surface area (Å²) in [5, 5.41) is 1.52. The van der Waals surface area contributed by atoms with Gasteiger partial charge in [0.1, 0.15) is 15.8 Å². The first kappa shape index (κ1) is 16.6. The Morgan fingerprint density at radius 2 is 1.95 bits per heavy atom. The number of ether oxygens (including phenoxy) is 1. The summed E-state index contributed by atoms with van der Waals surface area (Å²) in [4.78, 5) is 0. The van der Waals surface area contributed by atoms with E-state index in [0.717, 1.165) is 29.5 Å². The lowest BCUT2D eigenvalue weighted by Gasteiger charge is -2.14. The van der Waals surface area contributed by atoms with Gasteiger partial charge >= 0.3 is 6.18 Å². The lowest BCUT2D eigenvalue weighted by molar-refractivity contribution is -0.153. The minimum atomic E-state index is -4.60. The number of sulfonamides is 1. The third-order valence-electron chi connectivity index (χ3n) is 2.34. The molecule has 0 aliphatic carbocycles. The van der Waals surface area contributed by atoms with Crippen molar-refractivity contribution in [2.75, 3.05) is 11.3 Å². The summed E-state index contributed by atoms with van der Waals surface area (Å²) in [5.41, 5.74) is -0.405. The van der Waals surface area contributed by atoms with Gasteiger partial charge in [-0.05, 0) is 23.6 Å². The van der Waals surface area contributed by atoms with Crippen molar-refractivity contribution in [2.45, 2.75) is 10.4 Å². The van der Waals surface area contributed by atoms with E-state index in [4.69, 9.17) is 0 Å². The summed E-state index contributed by atoms with van der Waals surface area (Å²) in [6, 6.07) is 5.34. The number of anilines is 1. The van der Waals surface area contributed by atoms with Gasteiger partial charge in [-0.1, -0.05) is 6.07 Å². The average Bonchev–Trinajstić information content (AvgIpc) is 2.90. The molecule has 10 heteroatoms. The molecule has 1 aromatic carbocycles. The van der Waals surface area contributed by atoms with E-state index in [1.165, 1.54) is 17.5 Å². The Morgan fingerprint density at radius 1 is 1.23 bits per heavy atom. The number of hydrogen-bond donors (Lipinski definition) is 1. The Labute approximate surface area is 127 Å². The molecule has 1 aromatic heterocycles. The van der Waals surface area contributed by atoms with Crippen molar-refractivity contribution in [2.24, 2.45) is 0 Å². The van der Waals surface area contributed by atoms with Gasteiger partial charge in [0, 0.05) is 6.07 Å². The van der Waals surface area contributed by atoms with E-state index in [2.05, 4.69) is 4.74 Å². The van der Waals surface area contributed by atoms with Gasteiger partial charge in [0.25, 0.3) is 10.0 Å². The topological polar surface area (TPSA) is 55.4 Å². The molecule has 120 valence electrons. The molecule has 1 heterocycles. The Morgan fingerprint density at radius 3 is 2.55 bits per heavy atom. The lowest BCUT2D eigenvalue weighted by atomic mass is 10.3. The number of hydrogen-bond acceptors (Lipinski definition) is 4. The Bertz CT molecular complexity index is 742. The second-order valence-electron chi connectivity index (χ2n) is 4.08. The highest BCUT2D eigenvalue weighted by atomic mass is 32.2. The number of rotatable bonds is 5. The Kier molecular flexibility index (Phi) is 4.61. The molecule has 0 amide bonds. The zero-order chi connectivity index (χ0) is 16.4. The molecule has 22 heavy (non-hydrogen) atoms. The standard InChI is InChI=1S/C12H9F4NO3S2/c13-8-3-4-10(20-7-12(14,15)16)9(6-8)17-22(18,19)11-2-1-5-21-11/h1-6,17H,7H2. The molecule has 0 bridgehead atoms. The van der Waals surface area contributed by atoms with Crippen LogP contribution in [0, 0.1) is 5.82 Å². The first-order valence-electron chi connectivity index (χ1n) is 5.73. The molecule has 0 aliphatic heterocycles. The van der Waals surface area contributed by atoms with Crippen LogP contribution in [0.3, 0.4) is 0 Å². The maximum absolute atomic E-state index is 13.2. The van der Waals surface area contributed by atoms with Gasteiger partial charge in [-0.2, -0.15) is 13.2 Å². The van der Waals surface area contributed by atoms with Gasteiger partial charge in [-0.25, -0.2) is 12.8 Å². The van der Waals surface area contributed by atoms with E-state index in [0.29, 0.717) is 0 Å². The fourth-order valence-electron chi connectivity index (χ4n) is 1.48. The van der Waals surface area contributed by atoms with Gasteiger partial charge in [0.05, 0.1) is 5.69 Å². The van der Waals surface area contributed by atoms with E-state index < -0.39 is 40.1 Å². The fraction of sp³-hybridized carbons (Fsp3) is 0.167. The Balaban J connectivity index is 2.28. The van der Waals surface area contributed by atoms with Gasteiger partial charge < -0.3 is 4.74 Å². The van der Waals surface area contributed by atoms with E-state index in [1.54, 1.807) is 0 Å². The van der Waals surface area contributed by atoms with E-state index in [9.17, 15) is 26.0 Å². The maximum atomic E-state index is 13.2. The summed E-state index contributed by atoms with van der Waals surface area (Å²) in [5.74, 6) is -1.23. The largest absolute Gasteiger partial charge is 0.482 e. The minimum absolute atomic E-state index is 0.0569. The molecule has 0 saturated carbocycles. The van der Waals surface area contributed by atoms with Crippen molar-refractivity contribution in [3.05, 3.63) is 41.5 Å². The molecule has 0 fully saturated rings. The first-order valence-corrected chi connectivity index (χ1v) is 8.09. The lowest BCUT2D eigenvalue weighted by Crippen LogP contribution is -2.20. The van der Waals surface area contributed by atoms with Crippen molar-refractivity contribution in [1.82, 2.24) is 0 Å². The maximum Gasteiger partial charge on any atom is 0.422 e. The van der Waals surface area contributed by atoms with Crippen LogP contribution < -0.4 is 9.46 Å². The molecule has 0 saturated heterocycles. The van der Waals surface area contributed by atoms with Crippen LogP contribution in [0.15, 0.2) is 39.9 Å². The molecule has 0 unspecified atom stereocenters. The highest BCUT2D eigenvalue weighted by molar-refractivity contribution is 7.94. The van der Waals surface area contributed by atoms with Gasteiger partial charge in [0.15, 0.2) is 6.61 Å². The quantitative estimate of drug-likeness (QED) is 0.834. The Hall–Kier alpha value is -1.81. The van der Waals surface area contributed by atoms with Gasteiger partial charge in [-0.15, -0.1) is 11.3 Å². The van der Waals surface area contributed by atoms with E-state index in [-0.39, 0.29) is 4.21 Å². The van der Waals surface area contributed by atoms with E-state index >= 15 is 0 Å². The number of benzene rings is 1. The predicted octanol–water partition coefficient (Wildman–Crippen LogP) is 3.63. The predicted molar refractivity (Wildman–Crippen MR) is 73.1 cm³/mol. The molecule has 2 aromatic rings.